The van der Waals surface area contributed by atoms with Crippen LogP contribution >= 0.6 is 0 Å². The Morgan fingerprint density at radius 2 is 1.90 bits per heavy atom. The van der Waals surface area contributed by atoms with Gasteiger partial charge in [0.05, 0.1) is 11.6 Å². The van der Waals surface area contributed by atoms with Gasteiger partial charge in [-0.1, -0.05) is 6.42 Å². The number of aromatic nitrogens is 2. The van der Waals surface area contributed by atoms with Crippen LogP contribution in [0.1, 0.15) is 44.6 Å². The Bertz CT molecular complexity index is 541. The molecule has 0 saturated heterocycles. The molecule has 1 aromatic heterocycles. The number of sulfone groups is 1. The molecule has 0 bridgehead atoms. The topological polar surface area (TPSA) is 64.0 Å². The summed E-state index contributed by atoms with van der Waals surface area (Å²) in [6.45, 7) is 0. The molecule has 2 aliphatic rings. The predicted molar refractivity (Wildman–Crippen MR) is 78.3 cm³/mol. The molecule has 1 heterocycles. The van der Waals surface area contributed by atoms with Gasteiger partial charge in [0, 0.05) is 36.8 Å². The summed E-state index contributed by atoms with van der Waals surface area (Å²) in [5.74, 6) is 0. The SMILES string of the molecule is CS(=O)(=O)C1CCCC1NC1CCCC1n1ccnc1. The Labute approximate surface area is 120 Å². The Balaban J connectivity index is 1.71. The highest BCUT2D eigenvalue weighted by Crippen LogP contribution is 2.33. The molecule has 20 heavy (non-hydrogen) atoms. The van der Waals surface area contributed by atoms with E-state index >= 15 is 0 Å². The van der Waals surface area contributed by atoms with Crippen LogP contribution in [0.3, 0.4) is 0 Å². The van der Waals surface area contributed by atoms with Gasteiger partial charge >= 0.3 is 0 Å². The monoisotopic (exact) mass is 297 g/mol. The first-order valence-electron chi connectivity index (χ1n) is 7.48. The summed E-state index contributed by atoms with van der Waals surface area (Å²) in [6, 6.07) is 0.911. The lowest BCUT2D eigenvalue weighted by Gasteiger charge is -2.28. The van der Waals surface area contributed by atoms with Crippen molar-refractivity contribution in [2.24, 2.45) is 0 Å². The van der Waals surface area contributed by atoms with Crippen LogP contribution in [0, 0.1) is 0 Å². The number of hydrogen-bond donors (Lipinski definition) is 1. The van der Waals surface area contributed by atoms with Crippen LogP contribution in [0.25, 0.3) is 0 Å². The second kappa shape index (κ2) is 5.48. The molecule has 1 N–H and O–H groups in total. The van der Waals surface area contributed by atoms with Crippen molar-refractivity contribution in [2.75, 3.05) is 6.26 Å². The van der Waals surface area contributed by atoms with E-state index in [1.54, 1.807) is 0 Å². The fourth-order valence-electron chi connectivity index (χ4n) is 3.86. The smallest absolute Gasteiger partial charge is 0.151 e. The van der Waals surface area contributed by atoms with Crippen LogP contribution in [0.2, 0.25) is 0 Å². The van der Waals surface area contributed by atoms with Gasteiger partial charge in [0.15, 0.2) is 9.84 Å². The number of imidazole rings is 1. The van der Waals surface area contributed by atoms with Gasteiger partial charge in [0.2, 0.25) is 0 Å². The van der Waals surface area contributed by atoms with E-state index in [1.807, 2.05) is 18.7 Å². The van der Waals surface area contributed by atoms with Gasteiger partial charge in [-0.15, -0.1) is 0 Å². The van der Waals surface area contributed by atoms with Gasteiger partial charge in [-0.3, -0.25) is 0 Å². The van der Waals surface area contributed by atoms with Crippen molar-refractivity contribution in [3.8, 4) is 0 Å². The third kappa shape index (κ3) is 2.76. The number of nitrogens with one attached hydrogen (secondary N) is 1. The van der Waals surface area contributed by atoms with Crippen molar-refractivity contribution in [3.05, 3.63) is 18.7 Å². The van der Waals surface area contributed by atoms with Crippen molar-refractivity contribution in [1.29, 1.82) is 0 Å². The minimum absolute atomic E-state index is 0.124. The molecule has 2 aliphatic carbocycles. The Morgan fingerprint density at radius 3 is 2.60 bits per heavy atom. The van der Waals surface area contributed by atoms with Gasteiger partial charge in [-0.2, -0.15) is 0 Å². The second-order valence-corrected chi connectivity index (χ2v) is 8.45. The summed E-state index contributed by atoms with van der Waals surface area (Å²) in [4.78, 5) is 4.13. The first-order valence-corrected chi connectivity index (χ1v) is 9.43. The highest BCUT2D eigenvalue weighted by atomic mass is 32.2. The number of rotatable bonds is 4. The molecule has 0 amide bonds. The van der Waals surface area contributed by atoms with E-state index < -0.39 is 9.84 Å². The second-order valence-electron chi connectivity index (χ2n) is 6.19. The van der Waals surface area contributed by atoms with Crippen LogP contribution < -0.4 is 5.32 Å². The van der Waals surface area contributed by atoms with E-state index in [-0.39, 0.29) is 11.3 Å². The minimum Gasteiger partial charge on any atom is -0.333 e. The van der Waals surface area contributed by atoms with Crippen molar-refractivity contribution >= 4 is 9.84 Å². The molecule has 4 unspecified atom stereocenters. The van der Waals surface area contributed by atoms with Gasteiger partial charge in [0.1, 0.15) is 0 Å². The summed E-state index contributed by atoms with van der Waals surface area (Å²) in [6.07, 6.45) is 13.3. The van der Waals surface area contributed by atoms with Gasteiger partial charge < -0.3 is 9.88 Å². The highest BCUT2D eigenvalue weighted by Gasteiger charge is 2.38. The summed E-state index contributed by atoms with van der Waals surface area (Å²) in [5.41, 5.74) is 0. The summed E-state index contributed by atoms with van der Waals surface area (Å²) in [7, 11) is -2.95. The Kier molecular flexibility index (Phi) is 3.86. The normalized spacial score (nSPS) is 34.6. The van der Waals surface area contributed by atoms with E-state index in [2.05, 4.69) is 14.9 Å². The average Bonchev–Trinajstić information content (AvgIpc) is 3.07. The van der Waals surface area contributed by atoms with E-state index in [9.17, 15) is 8.42 Å². The maximum absolute atomic E-state index is 11.9. The zero-order valence-corrected chi connectivity index (χ0v) is 12.7. The third-order valence-electron chi connectivity index (χ3n) is 4.82. The molecular weight excluding hydrogens is 274 g/mol. The van der Waals surface area contributed by atoms with Crippen molar-refractivity contribution in [2.45, 2.75) is 61.9 Å². The van der Waals surface area contributed by atoms with Gasteiger partial charge in [0.25, 0.3) is 0 Å². The molecule has 5 nitrogen and oxygen atoms in total. The van der Waals surface area contributed by atoms with Crippen LogP contribution in [0.15, 0.2) is 18.7 Å². The lowest BCUT2D eigenvalue weighted by Crippen LogP contribution is -2.46. The molecule has 112 valence electrons. The molecule has 0 aromatic carbocycles. The van der Waals surface area contributed by atoms with Gasteiger partial charge in [-0.25, -0.2) is 13.4 Å². The summed E-state index contributed by atoms with van der Waals surface area (Å²) < 4.78 is 25.9. The number of hydrogen-bond acceptors (Lipinski definition) is 4. The molecule has 3 rings (SSSR count). The first-order chi connectivity index (χ1) is 9.55. The molecule has 0 spiro atoms. The molecule has 0 radical (unpaired) electrons. The van der Waals surface area contributed by atoms with E-state index in [4.69, 9.17) is 0 Å². The predicted octanol–water partition coefficient (Wildman–Crippen LogP) is 1.53. The van der Waals surface area contributed by atoms with Crippen LogP contribution in [0.4, 0.5) is 0 Å². The molecule has 4 atom stereocenters. The van der Waals surface area contributed by atoms with Crippen molar-refractivity contribution in [1.82, 2.24) is 14.9 Å². The van der Waals surface area contributed by atoms with E-state index in [0.29, 0.717) is 12.1 Å². The van der Waals surface area contributed by atoms with E-state index in [0.717, 1.165) is 32.1 Å². The van der Waals surface area contributed by atoms with Crippen LogP contribution in [-0.2, 0) is 9.84 Å². The maximum atomic E-state index is 11.9. The fourth-order valence-corrected chi connectivity index (χ4v) is 5.27. The van der Waals surface area contributed by atoms with Crippen LogP contribution in [-0.4, -0.2) is 41.6 Å². The van der Waals surface area contributed by atoms with Crippen molar-refractivity contribution in [3.63, 3.8) is 0 Å². The highest BCUT2D eigenvalue weighted by molar-refractivity contribution is 7.91. The van der Waals surface area contributed by atoms with Crippen molar-refractivity contribution < 1.29 is 8.42 Å². The van der Waals surface area contributed by atoms with Gasteiger partial charge in [-0.05, 0) is 32.1 Å². The number of nitrogens with zero attached hydrogens (tertiary/aromatic N) is 2. The third-order valence-corrected chi connectivity index (χ3v) is 6.48. The maximum Gasteiger partial charge on any atom is 0.151 e. The average molecular weight is 297 g/mol. The molecule has 6 heteroatoms. The lowest BCUT2D eigenvalue weighted by atomic mass is 10.1. The first kappa shape index (κ1) is 14.1. The standard InChI is InChI=1S/C14H23N3O2S/c1-20(18,19)14-7-3-5-12(14)16-11-4-2-6-13(11)17-9-8-15-10-17/h8-14,16H,2-7H2,1H3. The van der Waals surface area contributed by atoms with E-state index in [1.165, 1.54) is 12.7 Å². The molecule has 2 saturated carbocycles. The zero-order chi connectivity index (χ0) is 14.2. The summed E-state index contributed by atoms with van der Waals surface area (Å²) >= 11 is 0. The molecule has 0 aliphatic heterocycles. The molecule has 1 aromatic rings. The largest absolute Gasteiger partial charge is 0.333 e. The Hall–Kier alpha value is -0.880. The zero-order valence-electron chi connectivity index (χ0n) is 11.9. The minimum atomic E-state index is -2.95. The molecule has 2 fully saturated rings. The Morgan fingerprint density at radius 1 is 1.15 bits per heavy atom. The fraction of sp³-hybridized carbons (Fsp3) is 0.786. The van der Waals surface area contributed by atoms with Crippen LogP contribution in [0.5, 0.6) is 0 Å². The molecular formula is C14H23N3O2S. The lowest BCUT2D eigenvalue weighted by molar-refractivity contribution is 0.351. The quantitative estimate of drug-likeness (QED) is 0.915. The summed E-state index contributed by atoms with van der Waals surface area (Å²) in [5, 5.41) is 3.44.